The van der Waals surface area contributed by atoms with Gasteiger partial charge in [0, 0.05) is 13.1 Å². The van der Waals surface area contributed by atoms with Crippen molar-refractivity contribution >= 4 is 11.7 Å². The molecule has 0 aliphatic carbocycles. The highest BCUT2D eigenvalue weighted by Crippen LogP contribution is 2.26. The molecule has 0 aliphatic heterocycles. The summed E-state index contributed by atoms with van der Waals surface area (Å²) in [5, 5.41) is 11.8. The van der Waals surface area contributed by atoms with Crippen LogP contribution in [0.5, 0.6) is 0 Å². The van der Waals surface area contributed by atoms with Crippen molar-refractivity contribution in [3.63, 3.8) is 0 Å². The Labute approximate surface area is 104 Å². The third-order valence-corrected chi connectivity index (χ3v) is 3.66. The molecule has 1 amide bonds. The molecule has 1 atom stereocenters. The van der Waals surface area contributed by atoms with Crippen LogP contribution in [0.25, 0.3) is 0 Å². The highest BCUT2D eigenvalue weighted by Gasteiger charge is 2.39. The van der Waals surface area contributed by atoms with Crippen molar-refractivity contribution in [3.8, 4) is 0 Å². The largest absolute Gasteiger partial charge is 0.409 e. The Bertz CT molecular complexity index is 287. The first kappa shape index (κ1) is 15.7. The molecule has 0 saturated carbocycles. The maximum absolute atomic E-state index is 12.4. The van der Waals surface area contributed by atoms with Crippen molar-refractivity contribution in [1.29, 1.82) is 0 Å². The molecule has 5 heteroatoms. The maximum atomic E-state index is 12.4. The number of rotatable bonds is 6. The first-order valence-electron chi connectivity index (χ1n) is 6.14. The molecule has 0 fully saturated rings. The number of amidine groups is 1. The summed E-state index contributed by atoms with van der Waals surface area (Å²) in [6, 6.07) is 0.194. The van der Waals surface area contributed by atoms with E-state index in [1.807, 2.05) is 20.8 Å². The number of amides is 1. The summed E-state index contributed by atoms with van der Waals surface area (Å²) in [6.07, 6.45) is 2.30. The molecule has 0 aromatic rings. The normalized spacial score (nSPS) is 15.8. The summed E-state index contributed by atoms with van der Waals surface area (Å²) in [5.74, 6) is -0.119. The van der Waals surface area contributed by atoms with Gasteiger partial charge < -0.3 is 15.8 Å². The second-order valence-corrected chi connectivity index (χ2v) is 4.56. The third kappa shape index (κ3) is 3.11. The van der Waals surface area contributed by atoms with Crippen LogP contribution in [-0.2, 0) is 4.79 Å². The number of carbonyl (C=O) groups is 1. The number of carbonyl (C=O) groups excluding carboxylic acids is 1. The van der Waals surface area contributed by atoms with E-state index < -0.39 is 5.41 Å². The molecule has 0 spiro atoms. The molecule has 0 radical (unpaired) electrons. The predicted molar refractivity (Wildman–Crippen MR) is 68.9 cm³/mol. The summed E-state index contributed by atoms with van der Waals surface area (Å²) in [5.41, 5.74) is 4.71. The Balaban J connectivity index is 5.12. The van der Waals surface area contributed by atoms with E-state index in [-0.39, 0.29) is 17.8 Å². The van der Waals surface area contributed by atoms with Crippen LogP contribution in [0.2, 0.25) is 0 Å². The number of nitrogens with two attached hydrogens (primary N) is 1. The van der Waals surface area contributed by atoms with E-state index in [0.29, 0.717) is 6.42 Å². The second kappa shape index (κ2) is 6.47. The fraction of sp³-hybridized carbons (Fsp3) is 0.833. The lowest BCUT2D eigenvalue weighted by Crippen LogP contribution is -2.51. The lowest BCUT2D eigenvalue weighted by atomic mass is 9.84. The van der Waals surface area contributed by atoms with E-state index >= 15 is 0 Å². The van der Waals surface area contributed by atoms with Gasteiger partial charge in [0.1, 0.15) is 5.41 Å². The van der Waals surface area contributed by atoms with Gasteiger partial charge in [-0.1, -0.05) is 25.9 Å². The van der Waals surface area contributed by atoms with E-state index in [2.05, 4.69) is 5.16 Å². The molecule has 0 aromatic carbocycles. The zero-order chi connectivity index (χ0) is 13.6. The zero-order valence-electron chi connectivity index (χ0n) is 11.5. The maximum Gasteiger partial charge on any atom is 0.236 e. The Hall–Kier alpha value is -1.26. The van der Waals surface area contributed by atoms with Crippen LogP contribution in [0.1, 0.15) is 47.0 Å². The van der Waals surface area contributed by atoms with Gasteiger partial charge in [-0.15, -0.1) is 0 Å². The summed E-state index contributed by atoms with van der Waals surface area (Å²) < 4.78 is 0. The van der Waals surface area contributed by atoms with Gasteiger partial charge in [0.15, 0.2) is 5.84 Å². The average Bonchev–Trinajstić information content (AvgIpc) is 2.36. The van der Waals surface area contributed by atoms with E-state index in [0.717, 1.165) is 12.8 Å². The average molecular weight is 243 g/mol. The molecule has 1 unspecified atom stereocenters. The predicted octanol–water partition coefficient (Wildman–Crippen LogP) is 1.80. The number of hydrogen-bond donors (Lipinski definition) is 2. The van der Waals surface area contributed by atoms with E-state index in [4.69, 9.17) is 10.9 Å². The highest BCUT2D eigenvalue weighted by molar-refractivity contribution is 6.06. The van der Waals surface area contributed by atoms with Gasteiger partial charge in [0.25, 0.3) is 0 Å². The quantitative estimate of drug-likeness (QED) is 0.323. The van der Waals surface area contributed by atoms with Crippen LogP contribution in [-0.4, -0.2) is 34.9 Å². The summed E-state index contributed by atoms with van der Waals surface area (Å²) in [6.45, 7) is 7.66. The molecule has 100 valence electrons. The number of oxime groups is 1. The smallest absolute Gasteiger partial charge is 0.236 e. The fourth-order valence-corrected chi connectivity index (χ4v) is 1.94. The minimum atomic E-state index is -0.925. The lowest BCUT2D eigenvalue weighted by Gasteiger charge is -2.34. The minimum Gasteiger partial charge on any atom is -0.409 e. The van der Waals surface area contributed by atoms with Gasteiger partial charge in [0.2, 0.25) is 5.91 Å². The van der Waals surface area contributed by atoms with Gasteiger partial charge >= 0.3 is 0 Å². The van der Waals surface area contributed by atoms with E-state index in [9.17, 15) is 4.79 Å². The molecule has 0 aliphatic rings. The first-order chi connectivity index (χ1) is 7.88. The van der Waals surface area contributed by atoms with Crippen LogP contribution in [0.3, 0.4) is 0 Å². The lowest BCUT2D eigenvalue weighted by molar-refractivity contribution is -0.138. The van der Waals surface area contributed by atoms with E-state index in [1.54, 1.807) is 18.9 Å². The van der Waals surface area contributed by atoms with Crippen molar-refractivity contribution in [2.45, 2.75) is 53.0 Å². The Kier molecular flexibility index (Phi) is 5.99. The van der Waals surface area contributed by atoms with Gasteiger partial charge in [-0.2, -0.15) is 0 Å². The second-order valence-electron chi connectivity index (χ2n) is 4.56. The molecule has 0 saturated heterocycles. The topological polar surface area (TPSA) is 78.9 Å². The van der Waals surface area contributed by atoms with Crippen molar-refractivity contribution < 1.29 is 10.0 Å². The first-order valence-corrected chi connectivity index (χ1v) is 6.14. The summed E-state index contributed by atoms with van der Waals surface area (Å²) >= 11 is 0. The van der Waals surface area contributed by atoms with Gasteiger partial charge in [0.05, 0.1) is 0 Å². The third-order valence-electron chi connectivity index (χ3n) is 3.66. The summed E-state index contributed by atoms with van der Waals surface area (Å²) in [7, 11) is 1.78. The number of nitrogens with zero attached hydrogens (tertiary/aromatic N) is 2. The van der Waals surface area contributed by atoms with Gasteiger partial charge in [-0.25, -0.2) is 0 Å². The zero-order valence-corrected chi connectivity index (χ0v) is 11.5. The van der Waals surface area contributed by atoms with Crippen LogP contribution in [0, 0.1) is 5.41 Å². The van der Waals surface area contributed by atoms with Gasteiger partial charge in [-0.3, -0.25) is 4.79 Å². The Morgan fingerprint density at radius 1 is 1.41 bits per heavy atom. The standard InChI is InChI=1S/C12H25N3O2/c1-6-9(7-2)15(5)11(16)12(4,8-3)10(13)14-17/h9,17H,6-8H2,1-5H3,(H2,13,14). The van der Waals surface area contributed by atoms with Gasteiger partial charge in [-0.05, 0) is 26.2 Å². The van der Waals surface area contributed by atoms with Crippen LogP contribution in [0.4, 0.5) is 0 Å². The van der Waals surface area contributed by atoms with E-state index in [1.165, 1.54) is 0 Å². The Morgan fingerprint density at radius 2 is 1.88 bits per heavy atom. The van der Waals surface area contributed by atoms with Crippen molar-refractivity contribution in [1.82, 2.24) is 4.90 Å². The molecular formula is C12H25N3O2. The van der Waals surface area contributed by atoms with Crippen molar-refractivity contribution in [2.75, 3.05) is 7.05 Å². The number of hydrogen-bond acceptors (Lipinski definition) is 3. The molecule has 5 nitrogen and oxygen atoms in total. The molecule has 0 heterocycles. The molecule has 0 bridgehead atoms. The van der Waals surface area contributed by atoms with Crippen LogP contribution < -0.4 is 5.73 Å². The van der Waals surface area contributed by atoms with Crippen molar-refractivity contribution in [2.24, 2.45) is 16.3 Å². The fourth-order valence-electron chi connectivity index (χ4n) is 1.94. The molecule has 17 heavy (non-hydrogen) atoms. The Morgan fingerprint density at radius 3 is 2.18 bits per heavy atom. The molecular weight excluding hydrogens is 218 g/mol. The SMILES string of the molecule is CCC(CC)N(C)C(=O)C(C)(CC)C(N)=NO. The van der Waals surface area contributed by atoms with Crippen molar-refractivity contribution in [3.05, 3.63) is 0 Å². The summed E-state index contributed by atoms with van der Waals surface area (Å²) in [4.78, 5) is 14.1. The monoisotopic (exact) mass is 243 g/mol. The van der Waals surface area contributed by atoms with Crippen LogP contribution >= 0.6 is 0 Å². The molecule has 3 N–H and O–H groups in total. The van der Waals surface area contributed by atoms with Crippen LogP contribution in [0.15, 0.2) is 5.16 Å². The molecule has 0 aromatic heterocycles. The molecule has 0 rings (SSSR count). The minimum absolute atomic E-state index is 0.0252. The highest BCUT2D eigenvalue weighted by atomic mass is 16.4.